The zero-order chi connectivity index (χ0) is 16.8. The van der Waals surface area contributed by atoms with Crippen LogP contribution in [0.2, 0.25) is 0 Å². The summed E-state index contributed by atoms with van der Waals surface area (Å²) in [6, 6.07) is 17.4. The Kier molecular flexibility index (Phi) is 4.91. The van der Waals surface area contributed by atoms with Crippen LogP contribution in [-0.4, -0.2) is 17.4 Å². The molecular formula is C19H19N3O2. The lowest BCUT2D eigenvalue weighted by Crippen LogP contribution is -2.12. The van der Waals surface area contributed by atoms with Crippen molar-refractivity contribution < 1.29 is 9.15 Å². The molecule has 0 aliphatic carbocycles. The second-order valence-corrected chi connectivity index (χ2v) is 5.45. The summed E-state index contributed by atoms with van der Waals surface area (Å²) in [5, 5.41) is 7.29. The van der Waals surface area contributed by atoms with Gasteiger partial charge in [0.25, 0.3) is 0 Å². The van der Waals surface area contributed by atoms with Crippen molar-refractivity contribution in [1.82, 2.24) is 4.98 Å². The molecule has 0 bridgehead atoms. The summed E-state index contributed by atoms with van der Waals surface area (Å²) in [5.41, 5.74) is 8.21. The summed E-state index contributed by atoms with van der Waals surface area (Å²) in [6.07, 6.45) is 2.80. The number of oxazole rings is 1. The van der Waals surface area contributed by atoms with Gasteiger partial charge in [-0.2, -0.15) is 0 Å². The number of hydrogen-bond acceptors (Lipinski definition) is 4. The first kappa shape index (κ1) is 15.8. The molecule has 0 aliphatic rings. The van der Waals surface area contributed by atoms with Crippen molar-refractivity contribution in [3.05, 3.63) is 72.1 Å². The van der Waals surface area contributed by atoms with Gasteiger partial charge in [0.1, 0.15) is 12.0 Å². The van der Waals surface area contributed by atoms with Crippen molar-refractivity contribution in [3.63, 3.8) is 0 Å². The summed E-state index contributed by atoms with van der Waals surface area (Å²) in [7, 11) is 0. The van der Waals surface area contributed by atoms with Crippen LogP contribution in [-0.2, 0) is 12.8 Å². The van der Waals surface area contributed by atoms with Crippen LogP contribution in [0, 0.1) is 5.41 Å². The van der Waals surface area contributed by atoms with E-state index in [1.54, 1.807) is 6.26 Å². The molecular weight excluding hydrogens is 302 g/mol. The summed E-state index contributed by atoms with van der Waals surface area (Å²) in [4.78, 5) is 4.47. The Bertz CT molecular complexity index is 795. The minimum Gasteiger partial charge on any atom is -0.493 e. The Morgan fingerprint density at radius 1 is 1.08 bits per heavy atom. The molecule has 2 aromatic carbocycles. The fraction of sp³-hybridized carbons (Fsp3) is 0.158. The topological polar surface area (TPSA) is 85.1 Å². The largest absolute Gasteiger partial charge is 0.493 e. The highest BCUT2D eigenvalue weighted by molar-refractivity contribution is 5.79. The third-order valence-electron chi connectivity index (χ3n) is 3.52. The summed E-state index contributed by atoms with van der Waals surface area (Å²) in [6.45, 7) is 0.521. The zero-order valence-corrected chi connectivity index (χ0v) is 13.2. The number of benzene rings is 2. The monoisotopic (exact) mass is 321 g/mol. The number of nitrogens with one attached hydrogen (secondary N) is 1. The predicted molar refractivity (Wildman–Crippen MR) is 93.2 cm³/mol. The quantitative estimate of drug-likeness (QED) is 0.515. The maximum atomic E-state index is 7.29. The molecule has 0 atom stereocenters. The molecule has 0 amide bonds. The van der Waals surface area contributed by atoms with E-state index < -0.39 is 0 Å². The number of aromatic nitrogens is 1. The van der Waals surface area contributed by atoms with E-state index in [2.05, 4.69) is 4.98 Å². The maximum Gasteiger partial charge on any atom is 0.226 e. The van der Waals surface area contributed by atoms with Crippen LogP contribution in [0.25, 0.3) is 11.5 Å². The van der Waals surface area contributed by atoms with E-state index in [9.17, 15) is 0 Å². The van der Waals surface area contributed by atoms with E-state index in [-0.39, 0.29) is 5.84 Å². The van der Waals surface area contributed by atoms with Crippen LogP contribution < -0.4 is 10.5 Å². The number of hydrogen-bond donors (Lipinski definition) is 2. The standard InChI is InChI=1S/C19H19N3O2/c20-18(21)12-14-6-8-17(9-7-14)23-11-10-16-13-24-19(22-16)15-4-2-1-3-5-15/h1-9,13H,10-12H2,(H3,20,21). The molecule has 0 aliphatic heterocycles. The highest BCUT2D eigenvalue weighted by Crippen LogP contribution is 2.18. The van der Waals surface area contributed by atoms with Crippen LogP contribution in [0.5, 0.6) is 5.75 Å². The Hall–Kier alpha value is -3.08. The fourth-order valence-corrected chi connectivity index (χ4v) is 2.33. The van der Waals surface area contributed by atoms with Crippen LogP contribution in [0.1, 0.15) is 11.3 Å². The molecule has 0 spiro atoms. The Morgan fingerprint density at radius 3 is 2.54 bits per heavy atom. The van der Waals surface area contributed by atoms with Crippen molar-refractivity contribution in [1.29, 1.82) is 5.41 Å². The molecule has 5 nitrogen and oxygen atoms in total. The van der Waals surface area contributed by atoms with E-state index in [1.807, 2.05) is 54.6 Å². The molecule has 3 N–H and O–H groups in total. The van der Waals surface area contributed by atoms with Crippen molar-refractivity contribution in [2.45, 2.75) is 12.8 Å². The summed E-state index contributed by atoms with van der Waals surface area (Å²) < 4.78 is 11.2. The van der Waals surface area contributed by atoms with Gasteiger partial charge >= 0.3 is 0 Å². The molecule has 3 rings (SSSR count). The first-order valence-corrected chi connectivity index (χ1v) is 7.75. The van der Waals surface area contributed by atoms with Gasteiger partial charge in [-0.05, 0) is 29.8 Å². The normalized spacial score (nSPS) is 10.5. The van der Waals surface area contributed by atoms with Gasteiger partial charge in [-0.15, -0.1) is 0 Å². The van der Waals surface area contributed by atoms with Crippen LogP contribution in [0.4, 0.5) is 0 Å². The molecule has 0 saturated carbocycles. The van der Waals surface area contributed by atoms with Gasteiger partial charge in [-0.25, -0.2) is 4.98 Å². The SMILES string of the molecule is N=C(N)Cc1ccc(OCCc2coc(-c3ccccc3)n2)cc1. The summed E-state index contributed by atoms with van der Waals surface area (Å²) in [5.74, 6) is 1.57. The van der Waals surface area contributed by atoms with E-state index in [1.165, 1.54) is 0 Å². The Labute approximate surface area is 140 Å². The lowest BCUT2D eigenvalue weighted by molar-refractivity contribution is 0.320. The van der Waals surface area contributed by atoms with Gasteiger partial charge < -0.3 is 14.9 Å². The third kappa shape index (κ3) is 4.23. The average molecular weight is 321 g/mol. The van der Waals surface area contributed by atoms with Gasteiger partial charge in [-0.3, -0.25) is 5.41 Å². The second-order valence-electron chi connectivity index (χ2n) is 5.45. The van der Waals surface area contributed by atoms with Crippen molar-refractivity contribution in [3.8, 4) is 17.2 Å². The molecule has 1 heterocycles. The first-order valence-electron chi connectivity index (χ1n) is 7.75. The number of ether oxygens (including phenoxy) is 1. The molecule has 24 heavy (non-hydrogen) atoms. The molecule has 122 valence electrons. The van der Waals surface area contributed by atoms with Gasteiger partial charge in [0.05, 0.1) is 18.1 Å². The minimum absolute atomic E-state index is 0.156. The molecule has 0 radical (unpaired) electrons. The average Bonchev–Trinajstić information content (AvgIpc) is 3.06. The molecule has 1 aromatic heterocycles. The highest BCUT2D eigenvalue weighted by atomic mass is 16.5. The number of nitrogens with two attached hydrogens (primary N) is 1. The molecule has 0 fully saturated rings. The van der Waals surface area contributed by atoms with Crippen LogP contribution in [0.15, 0.2) is 65.3 Å². The molecule has 0 unspecified atom stereocenters. The minimum atomic E-state index is 0.156. The van der Waals surface area contributed by atoms with Crippen LogP contribution >= 0.6 is 0 Å². The third-order valence-corrected chi connectivity index (χ3v) is 3.52. The number of amidine groups is 1. The first-order chi connectivity index (χ1) is 11.7. The van der Waals surface area contributed by atoms with Crippen molar-refractivity contribution >= 4 is 5.84 Å². The van der Waals surface area contributed by atoms with E-state index in [0.29, 0.717) is 25.3 Å². The second kappa shape index (κ2) is 7.46. The lowest BCUT2D eigenvalue weighted by Gasteiger charge is -2.06. The van der Waals surface area contributed by atoms with Crippen molar-refractivity contribution in [2.24, 2.45) is 5.73 Å². The van der Waals surface area contributed by atoms with Gasteiger partial charge in [0.2, 0.25) is 5.89 Å². The smallest absolute Gasteiger partial charge is 0.226 e. The number of rotatable bonds is 7. The molecule has 3 aromatic rings. The van der Waals surface area contributed by atoms with Crippen LogP contribution in [0.3, 0.4) is 0 Å². The predicted octanol–water partition coefficient (Wildman–Crippen LogP) is 3.44. The number of nitrogens with zero attached hydrogens (tertiary/aromatic N) is 1. The van der Waals surface area contributed by atoms with E-state index in [4.69, 9.17) is 20.3 Å². The van der Waals surface area contributed by atoms with Crippen molar-refractivity contribution in [2.75, 3.05) is 6.61 Å². The fourth-order valence-electron chi connectivity index (χ4n) is 2.33. The van der Waals surface area contributed by atoms with Gasteiger partial charge in [-0.1, -0.05) is 30.3 Å². The van der Waals surface area contributed by atoms with Gasteiger partial charge in [0.15, 0.2) is 0 Å². The molecule has 0 saturated heterocycles. The van der Waals surface area contributed by atoms with E-state index in [0.717, 1.165) is 22.6 Å². The Balaban J connectivity index is 1.52. The molecule has 5 heteroatoms. The highest BCUT2D eigenvalue weighted by Gasteiger charge is 2.06. The maximum absolute atomic E-state index is 7.29. The van der Waals surface area contributed by atoms with E-state index >= 15 is 0 Å². The van der Waals surface area contributed by atoms with Gasteiger partial charge in [0, 0.05) is 18.4 Å². The Morgan fingerprint density at radius 2 is 1.83 bits per heavy atom. The summed E-state index contributed by atoms with van der Waals surface area (Å²) >= 11 is 0. The lowest BCUT2D eigenvalue weighted by atomic mass is 10.1. The zero-order valence-electron chi connectivity index (χ0n) is 13.2.